The predicted octanol–water partition coefficient (Wildman–Crippen LogP) is 3.44. The molecule has 28 heavy (non-hydrogen) atoms. The summed E-state index contributed by atoms with van der Waals surface area (Å²) in [7, 11) is 8.06. The molecule has 2 aromatic carbocycles. The summed E-state index contributed by atoms with van der Waals surface area (Å²) in [5.74, 6) is 2.04. The molecule has 0 aliphatic heterocycles. The van der Waals surface area contributed by atoms with Crippen molar-refractivity contribution < 1.29 is 23.7 Å². The Kier molecular flexibility index (Phi) is 7.78. The Morgan fingerprint density at radius 2 is 1.57 bits per heavy atom. The molecular formula is C20H25ClN2O5. The topological polar surface area (TPSA) is 69.3 Å². The van der Waals surface area contributed by atoms with E-state index in [1.807, 2.05) is 30.1 Å². The molecular weight excluding hydrogens is 384 g/mol. The molecule has 0 aromatic heterocycles. The molecule has 152 valence electrons. The van der Waals surface area contributed by atoms with Crippen molar-refractivity contribution in [2.45, 2.75) is 6.54 Å². The molecule has 2 aromatic rings. The lowest BCUT2D eigenvalue weighted by molar-refractivity contribution is -0.117. The predicted molar refractivity (Wildman–Crippen MR) is 109 cm³/mol. The number of halogens is 1. The third kappa shape index (κ3) is 5.43. The van der Waals surface area contributed by atoms with Crippen molar-refractivity contribution >= 4 is 23.2 Å². The highest BCUT2D eigenvalue weighted by Crippen LogP contribution is 2.35. The summed E-state index contributed by atoms with van der Waals surface area (Å²) in [5.41, 5.74) is 1.49. The fraction of sp³-hybridized carbons (Fsp3) is 0.350. The molecule has 0 aliphatic carbocycles. The first-order valence-corrected chi connectivity index (χ1v) is 8.90. The molecule has 0 bridgehead atoms. The minimum Gasteiger partial charge on any atom is -0.495 e. The van der Waals surface area contributed by atoms with Crippen LogP contribution in [-0.4, -0.2) is 52.8 Å². The quantitative estimate of drug-likeness (QED) is 0.685. The van der Waals surface area contributed by atoms with Gasteiger partial charge in [0, 0.05) is 18.7 Å². The molecule has 0 aliphatic rings. The summed E-state index contributed by atoms with van der Waals surface area (Å²) in [4.78, 5) is 14.3. The van der Waals surface area contributed by atoms with Crippen LogP contribution in [0.5, 0.6) is 23.0 Å². The van der Waals surface area contributed by atoms with Gasteiger partial charge >= 0.3 is 0 Å². The van der Waals surface area contributed by atoms with E-state index < -0.39 is 0 Å². The van der Waals surface area contributed by atoms with Gasteiger partial charge in [-0.1, -0.05) is 17.7 Å². The van der Waals surface area contributed by atoms with Crippen LogP contribution in [0, 0.1) is 0 Å². The number of ether oxygens (including phenoxy) is 4. The van der Waals surface area contributed by atoms with Crippen molar-refractivity contribution in [2.75, 3.05) is 47.3 Å². The minimum absolute atomic E-state index is 0.183. The van der Waals surface area contributed by atoms with Crippen molar-refractivity contribution in [1.82, 2.24) is 4.90 Å². The van der Waals surface area contributed by atoms with Gasteiger partial charge in [-0.25, -0.2) is 0 Å². The fourth-order valence-electron chi connectivity index (χ4n) is 2.74. The van der Waals surface area contributed by atoms with Gasteiger partial charge in [-0.15, -0.1) is 0 Å². The smallest absolute Gasteiger partial charge is 0.238 e. The molecule has 8 heteroatoms. The zero-order valence-electron chi connectivity index (χ0n) is 16.7. The zero-order chi connectivity index (χ0) is 20.7. The third-order valence-corrected chi connectivity index (χ3v) is 4.36. The number of nitrogens with one attached hydrogen (secondary N) is 1. The molecule has 7 nitrogen and oxygen atoms in total. The monoisotopic (exact) mass is 408 g/mol. The molecule has 0 heterocycles. The van der Waals surface area contributed by atoms with Gasteiger partial charge in [0.25, 0.3) is 0 Å². The van der Waals surface area contributed by atoms with E-state index in [4.69, 9.17) is 30.5 Å². The van der Waals surface area contributed by atoms with E-state index in [-0.39, 0.29) is 12.5 Å². The Morgan fingerprint density at radius 3 is 2.18 bits per heavy atom. The van der Waals surface area contributed by atoms with Crippen LogP contribution in [-0.2, 0) is 11.3 Å². The first kappa shape index (κ1) is 21.7. The van der Waals surface area contributed by atoms with Crippen LogP contribution >= 0.6 is 11.6 Å². The third-order valence-electron chi connectivity index (χ3n) is 4.06. The van der Waals surface area contributed by atoms with E-state index in [2.05, 4.69) is 5.32 Å². The van der Waals surface area contributed by atoms with E-state index in [0.717, 1.165) is 5.56 Å². The van der Waals surface area contributed by atoms with Gasteiger partial charge in [-0.3, -0.25) is 9.69 Å². The van der Waals surface area contributed by atoms with Crippen LogP contribution in [0.1, 0.15) is 5.56 Å². The highest BCUT2D eigenvalue weighted by molar-refractivity contribution is 6.32. The number of likely N-dealkylation sites (N-methyl/N-ethyl adjacent to an activating group) is 1. The number of rotatable bonds is 9. The summed E-state index contributed by atoms with van der Waals surface area (Å²) in [6.45, 7) is 0.747. The van der Waals surface area contributed by atoms with Gasteiger partial charge in [0.1, 0.15) is 11.5 Å². The maximum absolute atomic E-state index is 12.5. The number of carbonyl (C=O) groups is 1. The number of benzene rings is 2. The second-order valence-electron chi connectivity index (χ2n) is 6.10. The molecule has 0 radical (unpaired) electrons. The highest BCUT2D eigenvalue weighted by atomic mass is 35.5. The number of hydrogen-bond acceptors (Lipinski definition) is 6. The number of hydrogen-bond donors (Lipinski definition) is 1. The van der Waals surface area contributed by atoms with Crippen LogP contribution in [0.15, 0.2) is 30.3 Å². The Hall–Kier alpha value is -2.64. The lowest BCUT2D eigenvalue weighted by atomic mass is 10.2. The number of nitrogens with zero attached hydrogens (tertiary/aromatic N) is 1. The minimum atomic E-state index is -0.189. The summed E-state index contributed by atoms with van der Waals surface area (Å²) in [6, 6.07) is 8.90. The summed E-state index contributed by atoms with van der Waals surface area (Å²) in [6.07, 6.45) is 0. The molecule has 1 amide bonds. The van der Waals surface area contributed by atoms with Crippen LogP contribution < -0.4 is 24.3 Å². The Bertz CT molecular complexity index is 828. The summed E-state index contributed by atoms with van der Waals surface area (Å²) >= 11 is 6.09. The van der Waals surface area contributed by atoms with Gasteiger partial charge in [0.05, 0.1) is 45.7 Å². The SMILES string of the molecule is COc1cc(NC(=O)CN(C)Cc2ccc(OC)c(OC)c2)c(OC)cc1Cl. The molecule has 0 spiro atoms. The molecule has 0 atom stereocenters. The van der Waals surface area contributed by atoms with E-state index in [0.29, 0.717) is 40.3 Å². The van der Waals surface area contributed by atoms with Crippen LogP contribution in [0.2, 0.25) is 5.02 Å². The summed E-state index contributed by atoms with van der Waals surface area (Å²) < 4.78 is 21.0. The van der Waals surface area contributed by atoms with Crippen molar-refractivity contribution in [3.05, 3.63) is 40.9 Å². The summed E-state index contributed by atoms with van der Waals surface area (Å²) in [5, 5.41) is 3.24. The second-order valence-corrected chi connectivity index (χ2v) is 6.50. The number of amides is 1. The lowest BCUT2D eigenvalue weighted by Crippen LogP contribution is -2.30. The molecule has 2 rings (SSSR count). The molecule has 1 N–H and O–H groups in total. The van der Waals surface area contributed by atoms with Crippen molar-refractivity contribution in [3.63, 3.8) is 0 Å². The lowest BCUT2D eigenvalue weighted by Gasteiger charge is -2.18. The van der Waals surface area contributed by atoms with Gasteiger partial charge in [0.2, 0.25) is 5.91 Å². The van der Waals surface area contributed by atoms with Crippen molar-refractivity contribution in [2.24, 2.45) is 0 Å². The number of carbonyl (C=O) groups excluding carboxylic acids is 1. The molecule has 0 fully saturated rings. The molecule has 0 saturated carbocycles. The van der Waals surface area contributed by atoms with E-state index in [1.165, 1.54) is 14.2 Å². The number of methoxy groups -OCH3 is 4. The average Bonchev–Trinajstić information content (AvgIpc) is 2.68. The first-order chi connectivity index (χ1) is 13.4. The first-order valence-electron chi connectivity index (χ1n) is 8.52. The van der Waals surface area contributed by atoms with Gasteiger partial charge < -0.3 is 24.3 Å². The van der Waals surface area contributed by atoms with Crippen molar-refractivity contribution in [1.29, 1.82) is 0 Å². The van der Waals surface area contributed by atoms with E-state index >= 15 is 0 Å². The van der Waals surface area contributed by atoms with Gasteiger partial charge in [-0.2, -0.15) is 0 Å². The second kappa shape index (κ2) is 10.1. The Balaban J connectivity index is 2.03. The van der Waals surface area contributed by atoms with Gasteiger partial charge in [0.15, 0.2) is 11.5 Å². The van der Waals surface area contributed by atoms with E-state index in [9.17, 15) is 4.79 Å². The largest absolute Gasteiger partial charge is 0.495 e. The fourth-order valence-corrected chi connectivity index (χ4v) is 2.97. The molecule has 0 unspecified atom stereocenters. The number of anilines is 1. The molecule has 0 saturated heterocycles. The maximum Gasteiger partial charge on any atom is 0.238 e. The Labute approximate surface area is 170 Å². The Morgan fingerprint density at radius 1 is 0.929 bits per heavy atom. The zero-order valence-corrected chi connectivity index (χ0v) is 17.4. The van der Waals surface area contributed by atoms with Crippen molar-refractivity contribution in [3.8, 4) is 23.0 Å². The van der Waals surface area contributed by atoms with Gasteiger partial charge in [-0.05, 0) is 24.7 Å². The maximum atomic E-state index is 12.5. The standard InChI is InChI=1S/C20H25ClN2O5/c1-23(11-13-6-7-16(25-2)19(8-13)28-5)12-20(24)22-15-10-17(26-3)14(21)9-18(15)27-4/h6-10H,11-12H2,1-5H3,(H,22,24). The van der Waals surface area contributed by atoms with E-state index in [1.54, 1.807) is 26.4 Å². The normalized spacial score (nSPS) is 10.5. The van der Waals surface area contributed by atoms with Crippen LogP contribution in [0.3, 0.4) is 0 Å². The highest BCUT2D eigenvalue weighted by Gasteiger charge is 2.14. The van der Waals surface area contributed by atoms with Crippen LogP contribution in [0.4, 0.5) is 5.69 Å². The van der Waals surface area contributed by atoms with Crippen LogP contribution in [0.25, 0.3) is 0 Å². The average molecular weight is 409 g/mol.